The Bertz CT molecular complexity index is 237. The second-order valence-corrected chi connectivity index (χ2v) is 3.94. The molecule has 0 unspecified atom stereocenters. The van der Waals surface area contributed by atoms with Crippen LogP contribution in [-0.4, -0.2) is 54.4 Å². The number of rotatable bonds is 4. The number of alkyl halides is 3. The van der Waals surface area contributed by atoms with Gasteiger partial charge in [-0.2, -0.15) is 13.2 Å². The molecule has 1 aliphatic rings. The normalized spacial score (nSPS) is 19.9. The van der Waals surface area contributed by atoms with Gasteiger partial charge in [0.2, 0.25) is 0 Å². The lowest BCUT2D eigenvalue weighted by Crippen LogP contribution is -2.46. The quantitative estimate of drug-likeness (QED) is 0.759. The third kappa shape index (κ3) is 5.32. The number of likely N-dealkylation sites (tertiary alicyclic amines) is 1. The van der Waals surface area contributed by atoms with Crippen LogP contribution in [0, 0.1) is 0 Å². The van der Waals surface area contributed by atoms with Crippen LogP contribution < -0.4 is 5.32 Å². The van der Waals surface area contributed by atoms with Gasteiger partial charge < -0.3 is 10.4 Å². The fraction of sp³-hybridized carbons (Fsp3) is 0.889. The molecular weight excluding hydrogens is 225 g/mol. The molecule has 7 heteroatoms. The number of piperidine rings is 1. The van der Waals surface area contributed by atoms with Gasteiger partial charge in [0, 0.05) is 6.04 Å². The molecule has 4 nitrogen and oxygen atoms in total. The van der Waals surface area contributed by atoms with Gasteiger partial charge in [0.05, 0.1) is 13.1 Å². The molecule has 0 saturated carbocycles. The summed E-state index contributed by atoms with van der Waals surface area (Å²) in [4.78, 5) is 11.6. The number of hydrogen-bond acceptors (Lipinski definition) is 3. The summed E-state index contributed by atoms with van der Waals surface area (Å²) in [6.07, 6.45) is -3.03. The van der Waals surface area contributed by atoms with Crippen molar-refractivity contribution >= 4 is 5.97 Å². The van der Waals surface area contributed by atoms with Crippen LogP contribution in [0.25, 0.3) is 0 Å². The number of nitrogens with one attached hydrogen (secondary N) is 1. The summed E-state index contributed by atoms with van der Waals surface area (Å²) >= 11 is 0. The van der Waals surface area contributed by atoms with Gasteiger partial charge in [-0.05, 0) is 25.9 Å². The van der Waals surface area contributed by atoms with E-state index >= 15 is 0 Å². The van der Waals surface area contributed by atoms with Crippen LogP contribution in [0.1, 0.15) is 12.8 Å². The van der Waals surface area contributed by atoms with Gasteiger partial charge >= 0.3 is 12.1 Å². The summed E-state index contributed by atoms with van der Waals surface area (Å²) < 4.78 is 36.2. The van der Waals surface area contributed by atoms with Crippen LogP contribution in [0.5, 0.6) is 0 Å². The highest BCUT2D eigenvalue weighted by Crippen LogP contribution is 2.19. The molecule has 2 N–H and O–H groups in total. The average Bonchev–Trinajstić information content (AvgIpc) is 2.14. The molecular formula is C9H15F3N2O2. The molecule has 0 bridgehead atoms. The molecule has 94 valence electrons. The minimum Gasteiger partial charge on any atom is -0.480 e. The smallest absolute Gasteiger partial charge is 0.401 e. The molecule has 0 amide bonds. The standard InChI is InChI=1S/C9H15F3N2O2/c10-9(11,12)6-14-3-1-7(2-4-14)13-5-8(15)16/h7,13H,1-6H2,(H,15,16). The van der Waals surface area contributed by atoms with Crippen LogP contribution in [0.4, 0.5) is 13.2 Å². The summed E-state index contributed by atoms with van der Waals surface area (Å²) in [5.74, 6) is -0.947. The SMILES string of the molecule is O=C(O)CNC1CCN(CC(F)(F)F)CC1. The lowest BCUT2D eigenvalue weighted by atomic mass is 10.1. The molecule has 1 heterocycles. The van der Waals surface area contributed by atoms with Crippen molar-refractivity contribution in [2.45, 2.75) is 25.1 Å². The van der Waals surface area contributed by atoms with Gasteiger partial charge in [-0.15, -0.1) is 0 Å². The third-order valence-electron chi connectivity index (χ3n) is 2.53. The lowest BCUT2D eigenvalue weighted by molar-refractivity contribution is -0.148. The van der Waals surface area contributed by atoms with E-state index in [4.69, 9.17) is 5.11 Å². The molecule has 1 aliphatic heterocycles. The first-order valence-electron chi connectivity index (χ1n) is 5.11. The van der Waals surface area contributed by atoms with Crippen molar-refractivity contribution in [2.75, 3.05) is 26.2 Å². The lowest BCUT2D eigenvalue weighted by Gasteiger charge is -2.32. The van der Waals surface area contributed by atoms with Gasteiger partial charge in [0.15, 0.2) is 0 Å². The van der Waals surface area contributed by atoms with E-state index in [2.05, 4.69) is 5.32 Å². The van der Waals surface area contributed by atoms with E-state index in [0.717, 1.165) is 0 Å². The van der Waals surface area contributed by atoms with Crippen LogP contribution in [-0.2, 0) is 4.79 Å². The summed E-state index contributed by atoms with van der Waals surface area (Å²) in [7, 11) is 0. The number of carboxylic acid groups (broad SMARTS) is 1. The maximum atomic E-state index is 12.1. The van der Waals surface area contributed by atoms with Crippen molar-refractivity contribution in [2.24, 2.45) is 0 Å². The molecule has 1 saturated heterocycles. The molecule has 1 rings (SSSR count). The molecule has 0 radical (unpaired) electrons. The van der Waals surface area contributed by atoms with E-state index in [1.807, 2.05) is 0 Å². The molecule has 16 heavy (non-hydrogen) atoms. The summed E-state index contributed by atoms with van der Waals surface area (Å²) in [5, 5.41) is 11.2. The topological polar surface area (TPSA) is 52.6 Å². The molecule has 0 aromatic carbocycles. The predicted octanol–water partition coefficient (Wildman–Crippen LogP) is 0.687. The zero-order valence-electron chi connectivity index (χ0n) is 8.76. The Balaban J connectivity index is 2.21. The Hall–Kier alpha value is -0.820. The van der Waals surface area contributed by atoms with E-state index in [-0.39, 0.29) is 12.6 Å². The molecule has 0 atom stereocenters. The van der Waals surface area contributed by atoms with E-state index in [0.29, 0.717) is 25.9 Å². The van der Waals surface area contributed by atoms with Crippen molar-refractivity contribution in [3.8, 4) is 0 Å². The first-order valence-corrected chi connectivity index (χ1v) is 5.11. The first-order chi connectivity index (χ1) is 7.37. The highest BCUT2D eigenvalue weighted by molar-refractivity contribution is 5.69. The first kappa shape index (κ1) is 13.2. The maximum Gasteiger partial charge on any atom is 0.401 e. The molecule has 0 aromatic heterocycles. The molecule has 0 spiro atoms. The minimum atomic E-state index is -4.15. The van der Waals surface area contributed by atoms with E-state index < -0.39 is 18.7 Å². The van der Waals surface area contributed by atoms with Crippen LogP contribution in [0.15, 0.2) is 0 Å². The van der Waals surface area contributed by atoms with Crippen molar-refractivity contribution in [3.05, 3.63) is 0 Å². The highest BCUT2D eigenvalue weighted by Gasteiger charge is 2.32. The zero-order chi connectivity index (χ0) is 12.2. The number of carbonyl (C=O) groups is 1. The van der Waals surface area contributed by atoms with Gasteiger partial charge in [-0.25, -0.2) is 0 Å². The summed E-state index contributed by atoms with van der Waals surface area (Å²) in [5.41, 5.74) is 0. The van der Waals surface area contributed by atoms with Gasteiger partial charge in [-0.1, -0.05) is 0 Å². The van der Waals surface area contributed by atoms with Crippen LogP contribution in [0.3, 0.4) is 0 Å². The second-order valence-electron chi connectivity index (χ2n) is 3.94. The monoisotopic (exact) mass is 240 g/mol. The number of aliphatic carboxylic acids is 1. The Morgan fingerprint density at radius 1 is 1.38 bits per heavy atom. The Kier molecular flexibility index (Phi) is 4.55. The van der Waals surface area contributed by atoms with E-state index in [1.54, 1.807) is 0 Å². The highest BCUT2D eigenvalue weighted by atomic mass is 19.4. The molecule has 0 aliphatic carbocycles. The number of carboxylic acids is 1. The average molecular weight is 240 g/mol. The largest absolute Gasteiger partial charge is 0.480 e. The number of hydrogen-bond donors (Lipinski definition) is 2. The zero-order valence-corrected chi connectivity index (χ0v) is 8.76. The summed E-state index contributed by atoms with van der Waals surface area (Å²) in [6.45, 7) is -0.295. The Morgan fingerprint density at radius 2 is 1.94 bits per heavy atom. The third-order valence-corrected chi connectivity index (χ3v) is 2.53. The molecule has 0 aromatic rings. The summed E-state index contributed by atoms with van der Waals surface area (Å²) in [6, 6.07) is 0.0144. The van der Waals surface area contributed by atoms with Crippen molar-refractivity contribution < 1.29 is 23.1 Å². The van der Waals surface area contributed by atoms with Gasteiger partial charge in [-0.3, -0.25) is 9.69 Å². The second kappa shape index (κ2) is 5.49. The van der Waals surface area contributed by atoms with E-state index in [1.165, 1.54) is 4.90 Å². The van der Waals surface area contributed by atoms with Crippen molar-refractivity contribution in [3.63, 3.8) is 0 Å². The van der Waals surface area contributed by atoms with Gasteiger partial charge in [0.1, 0.15) is 0 Å². The van der Waals surface area contributed by atoms with Crippen LogP contribution in [0.2, 0.25) is 0 Å². The maximum absolute atomic E-state index is 12.1. The van der Waals surface area contributed by atoms with Gasteiger partial charge in [0.25, 0.3) is 0 Å². The fourth-order valence-corrected chi connectivity index (χ4v) is 1.78. The minimum absolute atomic E-state index is 0.0144. The predicted molar refractivity (Wildman–Crippen MR) is 51.2 cm³/mol. The van der Waals surface area contributed by atoms with Crippen molar-refractivity contribution in [1.29, 1.82) is 0 Å². The number of halogens is 3. The number of nitrogens with zero attached hydrogens (tertiary/aromatic N) is 1. The fourth-order valence-electron chi connectivity index (χ4n) is 1.78. The Morgan fingerprint density at radius 3 is 2.38 bits per heavy atom. The van der Waals surface area contributed by atoms with Crippen LogP contribution >= 0.6 is 0 Å². The molecule has 1 fully saturated rings. The van der Waals surface area contributed by atoms with E-state index in [9.17, 15) is 18.0 Å². The van der Waals surface area contributed by atoms with Crippen molar-refractivity contribution in [1.82, 2.24) is 10.2 Å². The Labute approximate surface area is 91.4 Å².